The normalized spacial score (nSPS) is 17.1. The quantitative estimate of drug-likeness (QED) is 0.748. The summed E-state index contributed by atoms with van der Waals surface area (Å²) >= 11 is 0. The van der Waals surface area contributed by atoms with Crippen LogP contribution in [0, 0.1) is 0 Å². The van der Waals surface area contributed by atoms with Crippen molar-refractivity contribution in [2.24, 2.45) is 0 Å². The van der Waals surface area contributed by atoms with Gasteiger partial charge in [0.2, 0.25) is 0 Å². The topological polar surface area (TPSA) is 47.6 Å². The minimum atomic E-state index is -0.396. The minimum Gasteiger partial charge on any atom is -0.491 e. The molecule has 1 aromatic rings. The van der Waals surface area contributed by atoms with Gasteiger partial charge < -0.3 is 9.47 Å². The molecule has 21 heavy (non-hydrogen) atoms. The fraction of sp³-hybridized carbons (Fsp3) is 0.588. The predicted molar refractivity (Wildman–Crippen MR) is 82.6 cm³/mol. The van der Waals surface area contributed by atoms with Crippen LogP contribution in [0.15, 0.2) is 24.3 Å². The van der Waals surface area contributed by atoms with Crippen LogP contribution in [0.2, 0.25) is 0 Å². The summed E-state index contributed by atoms with van der Waals surface area (Å²) in [5, 5.41) is 3.28. The third kappa shape index (κ3) is 4.46. The first-order valence-electron chi connectivity index (χ1n) is 7.71. The molecule has 0 saturated heterocycles. The molecule has 1 fully saturated rings. The maximum atomic E-state index is 11.8. The Morgan fingerprint density at radius 3 is 2.71 bits per heavy atom. The lowest BCUT2D eigenvalue weighted by atomic mass is 9.98. The van der Waals surface area contributed by atoms with Crippen molar-refractivity contribution in [2.45, 2.75) is 51.1 Å². The van der Waals surface area contributed by atoms with E-state index in [9.17, 15) is 4.79 Å². The van der Waals surface area contributed by atoms with Gasteiger partial charge in [0.25, 0.3) is 0 Å². The second-order valence-electron chi connectivity index (χ2n) is 5.67. The van der Waals surface area contributed by atoms with E-state index in [1.165, 1.54) is 12.7 Å². The van der Waals surface area contributed by atoms with E-state index >= 15 is 0 Å². The zero-order valence-corrected chi connectivity index (χ0v) is 13.1. The van der Waals surface area contributed by atoms with Crippen LogP contribution in [0.3, 0.4) is 0 Å². The Hall–Kier alpha value is -1.55. The van der Waals surface area contributed by atoms with E-state index in [0.29, 0.717) is 18.6 Å². The average molecular weight is 291 g/mol. The molecule has 2 atom stereocenters. The molecular formula is C17H25NO3. The van der Waals surface area contributed by atoms with Crippen molar-refractivity contribution in [1.29, 1.82) is 0 Å². The number of hydrogen-bond donors (Lipinski definition) is 1. The van der Waals surface area contributed by atoms with Crippen molar-refractivity contribution in [3.63, 3.8) is 0 Å². The second kappa shape index (κ2) is 7.46. The van der Waals surface area contributed by atoms with Crippen LogP contribution in [-0.2, 0) is 9.53 Å². The molecule has 0 spiro atoms. The van der Waals surface area contributed by atoms with Crippen molar-refractivity contribution in [3.05, 3.63) is 29.8 Å². The highest BCUT2D eigenvalue weighted by Gasteiger charge is 2.29. The monoisotopic (exact) mass is 291 g/mol. The Bertz CT molecular complexity index is 471. The predicted octanol–water partition coefficient (Wildman–Crippen LogP) is 2.87. The highest BCUT2D eigenvalue weighted by atomic mass is 16.5. The lowest BCUT2D eigenvalue weighted by molar-refractivity contribution is -0.144. The number of methoxy groups -OCH3 is 1. The second-order valence-corrected chi connectivity index (χ2v) is 5.67. The fourth-order valence-electron chi connectivity index (χ4n) is 2.27. The third-order valence-electron chi connectivity index (χ3n) is 3.97. The molecule has 1 aromatic carbocycles. The van der Waals surface area contributed by atoms with Crippen molar-refractivity contribution in [2.75, 3.05) is 13.7 Å². The molecule has 0 bridgehead atoms. The van der Waals surface area contributed by atoms with Gasteiger partial charge in [-0.2, -0.15) is 0 Å². The molecule has 1 N–H and O–H groups in total. The van der Waals surface area contributed by atoms with Crippen molar-refractivity contribution in [1.82, 2.24) is 5.32 Å². The number of carbonyl (C=O) groups excluding carboxylic acids is 1. The van der Waals surface area contributed by atoms with E-state index in [0.717, 1.165) is 25.0 Å². The van der Waals surface area contributed by atoms with Gasteiger partial charge in [-0.1, -0.05) is 32.0 Å². The summed E-state index contributed by atoms with van der Waals surface area (Å²) < 4.78 is 10.8. The molecule has 0 amide bonds. The van der Waals surface area contributed by atoms with Crippen LogP contribution < -0.4 is 10.1 Å². The molecule has 4 heteroatoms. The average Bonchev–Trinajstić information content (AvgIpc) is 3.34. The molecule has 2 unspecified atom stereocenters. The van der Waals surface area contributed by atoms with Gasteiger partial charge in [-0.05, 0) is 36.8 Å². The van der Waals surface area contributed by atoms with Crippen LogP contribution in [0.5, 0.6) is 5.75 Å². The molecule has 4 nitrogen and oxygen atoms in total. The molecule has 1 aliphatic carbocycles. The Kier molecular flexibility index (Phi) is 5.62. The number of carbonyl (C=O) groups is 1. The summed E-state index contributed by atoms with van der Waals surface area (Å²) in [6.45, 7) is 4.65. The molecule has 1 aliphatic rings. The summed E-state index contributed by atoms with van der Waals surface area (Å²) in [5.74, 6) is 1.04. The summed E-state index contributed by atoms with van der Waals surface area (Å²) in [6.07, 6.45) is 3.30. The van der Waals surface area contributed by atoms with Crippen LogP contribution >= 0.6 is 0 Å². The van der Waals surface area contributed by atoms with Crippen molar-refractivity contribution >= 4 is 5.97 Å². The van der Waals surface area contributed by atoms with Gasteiger partial charge in [0.1, 0.15) is 18.4 Å². The number of para-hydroxylation sites is 1. The molecule has 0 radical (unpaired) electrons. The summed E-state index contributed by atoms with van der Waals surface area (Å²) in [4.78, 5) is 11.8. The lowest BCUT2D eigenvalue weighted by Crippen LogP contribution is -2.43. The minimum absolute atomic E-state index is 0.261. The summed E-state index contributed by atoms with van der Waals surface area (Å²) in [7, 11) is 1.41. The standard InChI is InChI=1S/C17H25NO3/c1-4-12(2)14-7-5-6-8-16(14)21-11-15(17(19)20-3)18-13-9-10-13/h5-8,12-13,15,18H,4,9-11H2,1-3H3. The number of esters is 1. The van der Waals surface area contributed by atoms with Crippen LogP contribution in [-0.4, -0.2) is 31.8 Å². The number of rotatable bonds is 8. The SMILES string of the molecule is CCC(C)c1ccccc1OCC(NC1CC1)C(=O)OC. The lowest BCUT2D eigenvalue weighted by Gasteiger charge is -2.20. The van der Waals surface area contributed by atoms with E-state index in [-0.39, 0.29) is 5.97 Å². The Morgan fingerprint density at radius 1 is 1.38 bits per heavy atom. The van der Waals surface area contributed by atoms with Gasteiger partial charge >= 0.3 is 5.97 Å². The van der Waals surface area contributed by atoms with Crippen molar-refractivity contribution < 1.29 is 14.3 Å². The van der Waals surface area contributed by atoms with Crippen LogP contribution in [0.25, 0.3) is 0 Å². The van der Waals surface area contributed by atoms with E-state index in [1.54, 1.807) is 0 Å². The van der Waals surface area contributed by atoms with Crippen molar-refractivity contribution in [3.8, 4) is 5.75 Å². The van der Waals surface area contributed by atoms with E-state index < -0.39 is 6.04 Å². The van der Waals surface area contributed by atoms with Gasteiger partial charge in [-0.25, -0.2) is 0 Å². The molecule has 2 rings (SSSR count). The first kappa shape index (κ1) is 15.8. The molecule has 116 valence electrons. The Labute approximate surface area is 126 Å². The molecule has 0 heterocycles. The Morgan fingerprint density at radius 2 is 2.10 bits per heavy atom. The van der Waals surface area contributed by atoms with Gasteiger partial charge in [0, 0.05) is 6.04 Å². The highest BCUT2D eigenvalue weighted by Crippen LogP contribution is 2.28. The van der Waals surface area contributed by atoms with E-state index in [1.807, 2.05) is 18.2 Å². The number of benzene rings is 1. The number of hydrogen-bond acceptors (Lipinski definition) is 4. The largest absolute Gasteiger partial charge is 0.491 e. The smallest absolute Gasteiger partial charge is 0.326 e. The zero-order valence-electron chi connectivity index (χ0n) is 13.1. The summed E-state index contributed by atoms with van der Waals surface area (Å²) in [6, 6.07) is 8.07. The maximum Gasteiger partial charge on any atom is 0.326 e. The maximum absolute atomic E-state index is 11.8. The molecule has 0 aromatic heterocycles. The number of nitrogens with one attached hydrogen (secondary N) is 1. The molecule has 0 aliphatic heterocycles. The molecular weight excluding hydrogens is 266 g/mol. The third-order valence-corrected chi connectivity index (χ3v) is 3.97. The van der Waals surface area contributed by atoms with Gasteiger partial charge in [-0.3, -0.25) is 10.1 Å². The van der Waals surface area contributed by atoms with Gasteiger partial charge in [0.05, 0.1) is 7.11 Å². The first-order chi connectivity index (χ1) is 10.2. The fourth-order valence-corrected chi connectivity index (χ4v) is 2.27. The van der Waals surface area contributed by atoms with Crippen LogP contribution in [0.1, 0.15) is 44.6 Å². The van der Waals surface area contributed by atoms with Gasteiger partial charge in [-0.15, -0.1) is 0 Å². The molecule has 1 saturated carbocycles. The zero-order chi connectivity index (χ0) is 15.2. The Balaban J connectivity index is 2.01. The first-order valence-corrected chi connectivity index (χ1v) is 7.71. The highest BCUT2D eigenvalue weighted by molar-refractivity contribution is 5.76. The summed E-state index contributed by atoms with van der Waals surface area (Å²) in [5.41, 5.74) is 1.19. The number of ether oxygens (including phenoxy) is 2. The van der Waals surface area contributed by atoms with E-state index in [2.05, 4.69) is 25.2 Å². The van der Waals surface area contributed by atoms with Gasteiger partial charge in [0.15, 0.2) is 0 Å². The van der Waals surface area contributed by atoms with Crippen LogP contribution in [0.4, 0.5) is 0 Å². The van der Waals surface area contributed by atoms with E-state index in [4.69, 9.17) is 9.47 Å².